The van der Waals surface area contributed by atoms with E-state index in [0.29, 0.717) is 5.75 Å². The lowest BCUT2D eigenvalue weighted by atomic mass is 10.2. The molecule has 2 N–H and O–H groups in total. The number of carbonyl (C=O) groups is 2. The first-order chi connectivity index (χ1) is 13.1. The van der Waals surface area contributed by atoms with Gasteiger partial charge in [0.25, 0.3) is 5.91 Å². The number of benzene rings is 2. The maximum atomic E-state index is 11.7. The highest BCUT2D eigenvalue weighted by Crippen LogP contribution is 2.19. The second-order valence-corrected chi connectivity index (χ2v) is 6.22. The van der Waals surface area contributed by atoms with E-state index >= 15 is 0 Å². The van der Waals surface area contributed by atoms with Gasteiger partial charge in [0.15, 0.2) is 13.2 Å². The molecule has 2 aromatic carbocycles. The van der Waals surface area contributed by atoms with Crippen LogP contribution in [0.25, 0.3) is 0 Å². The molecule has 0 aromatic heterocycles. The molecule has 6 heteroatoms. The maximum Gasteiger partial charge on any atom is 0.344 e. The van der Waals surface area contributed by atoms with Crippen molar-refractivity contribution >= 4 is 23.3 Å². The summed E-state index contributed by atoms with van der Waals surface area (Å²) >= 11 is 0. The summed E-state index contributed by atoms with van der Waals surface area (Å²) in [5.74, 6) is -0.341. The number of carbonyl (C=O) groups excluding carboxylic acids is 2. The average molecular weight is 370 g/mol. The molecule has 27 heavy (non-hydrogen) atoms. The summed E-state index contributed by atoms with van der Waals surface area (Å²) in [5.41, 5.74) is 1.90. The molecule has 0 aliphatic rings. The Morgan fingerprint density at radius 1 is 0.963 bits per heavy atom. The van der Waals surface area contributed by atoms with E-state index in [-0.39, 0.29) is 25.2 Å². The van der Waals surface area contributed by atoms with Crippen molar-refractivity contribution < 1.29 is 19.1 Å². The predicted molar refractivity (Wildman–Crippen MR) is 105 cm³/mol. The summed E-state index contributed by atoms with van der Waals surface area (Å²) in [4.78, 5) is 23.4. The van der Waals surface area contributed by atoms with Crippen molar-refractivity contribution in [2.45, 2.75) is 32.7 Å². The Labute approximate surface area is 159 Å². The molecule has 0 aliphatic heterocycles. The largest absolute Gasteiger partial charge is 0.482 e. The Kier molecular flexibility index (Phi) is 8.16. The highest BCUT2D eigenvalue weighted by Gasteiger charge is 2.10. The van der Waals surface area contributed by atoms with Gasteiger partial charge >= 0.3 is 5.97 Å². The zero-order chi connectivity index (χ0) is 19.5. The molecule has 0 aliphatic carbocycles. The first kappa shape index (κ1) is 20.3. The van der Waals surface area contributed by atoms with Crippen LogP contribution in [0.1, 0.15) is 26.7 Å². The first-order valence-electron chi connectivity index (χ1n) is 9.06. The van der Waals surface area contributed by atoms with Gasteiger partial charge in [0.2, 0.25) is 0 Å². The minimum Gasteiger partial charge on any atom is -0.482 e. The quantitative estimate of drug-likeness (QED) is 0.624. The fourth-order valence-electron chi connectivity index (χ4n) is 2.47. The molecule has 1 amide bonds. The lowest BCUT2D eigenvalue weighted by Gasteiger charge is -2.13. The van der Waals surface area contributed by atoms with E-state index < -0.39 is 5.97 Å². The Morgan fingerprint density at radius 3 is 2.30 bits per heavy atom. The van der Waals surface area contributed by atoms with Crippen LogP contribution in [0.5, 0.6) is 5.75 Å². The first-order valence-corrected chi connectivity index (χ1v) is 9.06. The fraction of sp³-hybridized carbons (Fsp3) is 0.333. The number of ether oxygens (including phenoxy) is 2. The van der Waals surface area contributed by atoms with Crippen LogP contribution in [-0.2, 0) is 14.3 Å². The van der Waals surface area contributed by atoms with Gasteiger partial charge < -0.3 is 20.1 Å². The third-order valence-electron chi connectivity index (χ3n) is 3.77. The van der Waals surface area contributed by atoms with Crippen LogP contribution < -0.4 is 15.4 Å². The van der Waals surface area contributed by atoms with Crippen molar-refractivity contribution in [1.29, 1.82) is 0 Å². The van der Waals surface area contributed by atoms with Crippen molar-refractivity contribution in [3.63, 3.8) is 0 Å². The topological polar surface area (TPSA) is 76.7 Å². The van der Waals surface area contributed by atoms with Crippen LogP contribution >= 0.6 is 0 Å². The predicted octanol–water partition coefficient (Wildman–Crippen LogP) is 3.66. The highest BCUT2D eigenvalue weighted by atomic mass is 16.6. The van der Waals surface area contributed by atoms with Crippen LogP contribution in [0.2, 0.25) is 0 Å². The second kappa shape index (κ2) is 10.9. The van der Waals surface area contributed by atoms with Crippen molar-refractivity contribution in [1.82, 2.24) is 5.32 Å². The SMILES string of the molecule is CCC[C@@H](C)NC(=O)COC(=O)COc1ccc(Nc2ccccc2)cc1. The molecular weight excluding hydrogens is 344 g/mol. The summed E-state index contributed by atoms with van der Waals surface area (Å²) in [6.07, 6.45) is 1.87. The van der Waals surface area contributed by atoms with Crippen LogP contribution in [0.3, 0.4) is 0 Å². The van der Waals surface area contributed by atoms with E-state index in [1.807, 2.05) is 56.3 Å². The summed E-state index contributed by atoms with van der Waals surface area (Å²) in [5, 5.41) is 6.03. The van der Waals surface area contributed by atoms with Gasteiger partial charge in [-0.15, -0.1) is 0 Å². The minimum absolute atomic E-state index is 0.0699. The standard InChI is InChI=1S/C21H26N2O4/c1-3-7-16(2)22-20(24)14-27-21(25)15-26-19-12-10-18(11-13-19)23-17-8-5-4-6-9-17/h4-6,8-13,16,23H,3,7,14-15H2,1-2H3,(H,22,24)/t16-/m1/s1. The van der Waals surface area contributed by atoms with Crippen molar-refractivity contribution in [3.8, 4) is 5.75 Å². The molecule has 0 bridgehead atoms. The number of para-hydroxylation sites is 1. The molecule has 1 atom stereocenters. The molecule has 0 radical (unpaired) electrons. The van der Waals surface area contributed by atoms with E-state index in [4.69, 9.17) is 9.47 Å². The van der Waals surface area contributed by atoms with Gasteiger partial charge in [0, 0.05) is 17.4 Å². The number of anilines is 2. The number of nitrogens with one attached hydrogen (secondary N) is 2. The van der Waals surface area contributed by atoms with Gasteiger partial charge in [0.05, 0.1) is 0 Å². The molecular formula is C21H26N2O4. The van der Waals surface area contributed by atoms with Crippen LogP contribution in [0.4, 0.5) is 11.4 Å². The van der Waals surface area contributed by atoms with E-state index in [2.05, 4.69) is 10.6 Å². The van der Waals surface area contributed by atoms with E-state index in [9.17, 15) is 9.59 Å². The number of hydrogen-bond acceptors (Lipinski definition) is 5. The lowest BCUT2D eigenvalue weighted by molar-refractivity contribution is -0.150. The summed E-state index contributed by atoms with van der Waals surface area (Å²) in [6, 6.07) is 17.1. The molecule has 2 aromatic rings. The summed E-state index contributed by atoms with van der Waals surface area (Å²) in [6.45, 7) is 3.42. The van der Waals surface area contributed by atoms with Crippen molar-refractivity contribution in [2.75, 3.05) is 18.5 Å². The average Bonchev–Trinajstić information content (AvgIpc) is 2.67. The van der Waals surface area contributed by atoms with Crippen molar-refractivity contribution in [2.24, 2.45) is 0 Å². The molecule has 6 nitrogen and oxygen atoms in total. The van der Waals surface area contributed by atoms with Crippen LogP contribution in [0, 0.1) is 0 Å². The smallest absolute Gasteiger partial charge is 0.344 e. The molecule has 0 unspecified atom stereocenters. The number of rotatable bonds is 10. The Bertz CT molecular complexity index is 717. The number of hydrogen-bond donors (Lipinski definition) is 2. The van der Waals surface area contributed by atoms with E-state index in [1.54, 1.807) is 12.1 Å². The van der Waals surface area contributed by atoms with Crippen LogP contribution in [-0.4, -0.2) is 31.1 Å². The second-order valence-electron chi connectivity index (χ2n) is 6.22. The molecule has 0 fully saturated rings. The molecule has 0 saturated carbocycles. The number of amides is 1. The molecule has 0 spiro atoms. The zero-order valence-electron chi connectivity index (χ0n) is 15.7. The minimum atomic E-state index is -0.584. The lowest BCUT2D eigenvalue weighted by Crippen LogP contribution is -2.36. The van der Waals surface area contributed by atoms with Gasteiger partial charge in [-0.1, -0.05) is 31.5 Å². The zero-order valence-corrected chi connectivity index (χ0v) is 15.7. The Morgan fingerprint density at radius 2 is 1.63 bits per heavy atom. The molecule has 2 rings (SSSR count). The monoisotopic (exact) mass is 370 g/mol. The third-order valence-corrected chi connectivity index (χ3v) is 3.77. The van der Waals surface area contributed by atoms with E-state index in [0.717, 1.165) is 24.2 Å². The third kappa shape index (κ3) is 7.81. The normalized spacial score (nSPS) is 11.3. The molecule has 0 saturated heterocycles. The Hall–Kier alpha value is -3.02. The van der Waals surface area contributed by atoms with Crippen molar-refractivity contribution in [3.05, 3.63) is 54.6 Å². The van der Waals surface area contributed by atoms with Crippen LogP contribution in [0.15, 0.2) is 54.6 Å². The number of esters is 1. The highest BCUT2D eigenvalue weighted by molar-refractivity contribution is 5.81. The summed E-state index contributed by atoms with van der Waals surface area (Å²) in [7, 11) is 0. The molecule has 0 heterocycles. The van der Waals surface area contributed by atoms with Gasteiger partial charge in [-0.3, -0.25) is 4.79 Å². The summed E-state index contributed by atoms with van der Waals surface area (Å²) < 4.78 is 10.3. The molecule has 144 valence electrons. The van der Waals surface area contributed by atoms with Gasteiger partial charge in [-0.2, -0.15) is 0 Å². The Balaban J connectivity index is 1.69. The van der Waals surface area contributed by atoms with Gasteiger partial charge in [-0.05, 0) is 49.7 Å². The fourth-order valence-corrected chi connectivity index (χ4v) is 2.47. The van der Waals surface area contributed by atoms with Gasteiger partial charge in [-0.25, -0.2) is 4.79 Å². The maximum absolute atomic E-state index is 11.7. The van der Waals surface area contributed by atoms with Gasteiger partial charge in [0.1, 0.15) is 5.75 Å². The van der Waals surface area contributed by atoms with E-state index in [1.165, 1.54) is 0 Å².